The average Bonchev–Trinajstić information content (AvgIpc) is 2.80. The molecule has 0 saturated carbocycles. The van der Waals surface area contributed by atoms with E-state index in [0.29, 0.717) is 48.9 Å². The van der Waals surface area contributed by atoms with Crippen molar-refractivity contribution in [2.24, 2.45) is 0 Å². The largest absolute Gasteiger partial charge is 0.482 e. The van der Waals surface area contributed by atoms with Crippen LogP contribution in [0, 0.1) is 5.82 Å². The Bertz CT molecular complexity index is 1020. The normalized spacial score (nSPS) is 16.1. The molecule has 4 rings (SSSR count). The van der Waals surface area contributed by atoms with Gasteiger partial charge in [-0.25, -0.2) is 4.39 Å². The topological polar surface area (TPSA) is 70.2 Å². The highest BCUT2D eigenvalue weighted by molar-refractivity contribution is 6.02. The SMILES string of the molecule is CN1C(=O)COc2ccc(C(=O)CCC(=O)N3CCN(c4ccccc4F)CC3)cc21. The molecule has 0 atom stereocenters. The number of piperazine rings is 1. The molecule has 0 aromatic heterocycles. The van der Waals surface area contributed by atoms with Crippen molar-refractivity contribution in [1.82, 2.24) is 4.90 Å². The van der Waals surface area contributed by atoms with Crippen LogP contribution in [0.3, 0.4) is 0 Å². The van der Waals surface area contributed by atoms with Crippen LogP contribution in [0.15, 0.2) is 42.5 Å². The van der Waals surface area contributed by atoms with Crippen molar-refractivity contribution in [3.05, 3.63) is 53.8 Å². The molecule has 31 heavy (non-hydrogen) atoms. The molecule has 7 nitrogen and oxygen atoms in total. The lowest BCUT2D eigenvalue weighted by Gasteiger charge is -2.36. The zero-order valence-electron chi connectivity index (χ0n) is 17.3. The van der Waals surface area contributed by atoms with E-state index in [4.69, 9.17) is 4.74 Å². The van der Waals surface area contributed by atoms with E-state index in [1.165, 1.54) is 11.0 Å². The van der Waals surface area contributed by atoms with Gasteiger partial charge in [0.1, 0.15) is 11.6 Å². The summed E-state index contributed by atoms with van der Waals surface area (Å²) in [4.78, 5) is 42.1. The third-order valence-corrected chi connectivity index (χ3v) is 5.76. The fourth-order valence-corrected chi connectivity index (χ4v) is 3.87. The highest BCUT2D eigenvalue weighted by Gasteiger charge is 2.25. The Kier molecular flexibility index (Phi) is 5.88. The van der Waals surface area contributed by atoms with Gasteiger partial charge in [0.2, 0.25) is 5.91 Å². The summed E-state index contributed by atoms with van der Waals surface area (Å²) in [5.41, 5.74) is 1.54. The summed E-state index contributed by atoms with van der Waals surface area (Å²) < 4.78 is 19.3. The molecule has 0 spiro atoms. The number of likely N-dealkylation sites (N-methyl/N-ethyl adjacent to an activating group) is 1. The van der Waals surface area contributed by atoms with E-state index in [9.17, 15) is 18.8 Å². The molecule has 0 N–H and O–H groups in total. The number of para-hydroxylation sites is 1. The highest BCUT2D eigenvalue weighted by atomic mass is 19.1. The Balaban J connectivity index is 1.31. The first kappa shape index (κ1) is 20.8. The van der Waals surface area contributed by atoms with Crippen LogP contribution in [0.4, 0.5) is 15.8 Å². The zero-order chi connectivity index (χ0) is 22.0. The number of Topliss-reactive ketones (excluding diaryl/α,β-unsaturated/α-hetero) is 1. The van der Waals surface area contributed by atoms with Gasteiger partial charge in [0.25, 0.3) is 5.91 Å². The van der Waals surface area contributed by atoms with Gasteiger partial charge in [0, 0.05) is 51.6 Å². The van der Waals surface area contributed by atoms with Gasteiger partial charge in [-0.2, -0.15) is 0 Å². The summed E-state index contributed by atoms with van der Waals surface area (Å²) in [6.07, 6.45) is 0.199. The molecule has 1 saturated heterocycles. The van der Waals surface area contributed by atoms with E-state index in [-0.39, 0.29) is 42.9 Å². The molecule has 2 aromatic carbocycles. The Labute approximate surface area is 180 Å². The Morgan fingerprint density at radius 1 is 1.00 bits per heavy atom. The molecular formula is C23H24FN3O4. The van der Waals surface area contributed by atoms with Gasteiger partial charge in [-0.3, -0.25) is 14.4 Å². The first-order valence-electron chi connectivity index (χ1n) is 10.3. The monoisotopic (exact) mass is 425 g/mol. The first-order chi connectivity index (χ1) is 14.9. The van der Waals surface area contributed by atoms with Gasteiger partial charge < -0.3 is 19.4 Å². The second-order valence-electron chi connectivity index (χ2n) is 7.67. The van der Waals surface area contributed by atoms with Crippen molar-refractivity contribution >= 4 is 29.0 Å². The second-order valence-corrected chi connectivity index (χ2v) is 7.67. The molecular weight excluding hydrogens is 401 g/mol. The number of halogens is 1. The minimum absolute atomic E-state index is 0.0184. The Hall–Kier alpha value is -3.42. The Morgan fingerprint density at radius 2 is 1.74 bits per heavy atom. The van der Waals surface area contributed by atoms with E-state index < -0.39 is 0 Å². The number of amides is 2. The summed E-state index contributed by atoms with van der Waals surface area (Å²) in [5, 5.41) is 0. The van der Waals surface area contributed by atoms with Crippen molar-refractivity contribution < 1.29 is 23.5 Å². The predicted molar refractivity (Wildman–Crippen MR) is 114 cm³/mol. The maximum Gasteiger partial charge on any atom is 0.264 e. The standard InChI is InChI=1S/C23H24FN3O4/c1-25-19-14-16(6-8-21(19)31-15-23(25)30)20(28)7-9-22(29)27-12-10-26(11-13-27)18-5-3-2-4-17(18)24/h2-6,8,14H,7,9-13,15H2,1H3. The van der Waals surface area contributed by atoms with Gasteiger partial charge in [0.05, 0.1) is 11.4 Å². The number of ketones is 1. The van der Waals surface area contributed by atoms with Crippen LogP contribution in [0.25, 0.3) is 0 Å². The lowest BCUT2D eigenvalue weighted by Crippen LogP contribution is -2.49. The van der Waals surface area contributed by atoms with Crippen LogP contribution in [0.2, 0.25) is 0 Å². The molecule has 0 radical (unpaired) electrons. The number of rotatable bonds is 5. The number of fused-ring (bicyclic) bond motifs is 1. The van der Waals surface area contributed by atoms with Gasteiger partial charge in [-0.05, 0) is 30.3 Å². The number of hydrogen-bond acceptors (Lipinski definition) is 5. The number of ether oxygens (including phenoxy) is 1. The molecule has 2 aliphatic rings. The molecule has 0 aliphatic carbocycles. The molecule has 162 valence electrons. The van der Waals surface area contributed by atoms with Crippen molar-refractivity contribution in [1.29, 1.82) is 0 Å². The zero-order valence-corrected chi connectivity index (χ0v) is 17.3. The summed E-state index contributed by atoms with van der Waals surface area (Å²) >= 11 is 0. The fraction of sp³-hybridized carbons (Fsp3) is 0.348. The van der Waals surface area contributed by atoms with Crippen LogP contribution >= 0.6 is 0 Å². The smallest absolute Gasteiger partial charge is 0.264 e. The molecule has 1 fully saturated rings. The van der Waals surface area contributed by atoms with Crippen LogP contribution in [0.5, 0.6) is 5.75 Å². The first-order valence-corrected chi connectivity index (χ1v) is 10.3. The van der Waals surface area contributed by atoms with Crippen molar-refractivity contribution in [2.45, 2.75) is 12.8 Å². The fourth-order valence-electron chi connectivity index (χ4n) is 3.87. The quantitative estimate of drug-likeness (QED) is 0.689. The Morgan fingerprint density at radius 3 is 2.48 bits per heavy atom. The van der Waals surface area contributed by atoms with Gasteiger partial charge in [-0.15, -0.1) is 0 Å². The molecule has 2 aliphatic heterocycles. The van der Waals surface area contributed by atoms with E-state index in [2.05, 4.69) is 0 Å². The minimum Gasteiger partial charge on any atom is -0.482 e. The highest BCUT2D eigenvalue weighted by Crippen LogP contribution is 2.32. The van der Waals surface area contributed by atoms with E-state index in [0.717, 1.165) is 0 Å². The van der Waals surface area contributed by atoms with Crippen molar-refractivity contribution in [3.63, 3.8) is 0 Å². The van der Waals surface area contributed by atoms with Crippen molar-refractivity contribution in [2.75, 3.05) is 49.6 Å². The number of anilines is 2. The summed E-state index contributed by atoms with van der Waals surface area (Å²) in [6.45, 7) is 2.06. The van der Waals surface area contributed by atoms with Gasteiger partial charge in [-0.1, -0.05) is 12.1 Å². The predicted octanol–water partition coefficient (Wildman–Crippen LogP) is 2.49. The number of carbonyl (C=O) groups is 3. The molecule has 2 amide bonds. The maximum atomic E-state index is 14.0. The molecule has 2 heterocycles. The molecule has 2 aromatic rings. The number of nitrogens with zero attached hydrogens (tertiary/aromatic N) is 3. The van der Waals surface area contributed by atoms with Crippen molar-refractivity contribution in [3.8, 4) is 5.75 Å². The van der Waals surface area contributed by atoms with Gasteiger partial charge in [0.15, 0.2) is 12.4 Å². The summed E-state index contributed by atoms with van der Waals surface area (Å²) in [7, 11) is 1.64. The van der Waals surface area contributed by atoms with E-state index in [1.54, 1.807) is 48.3 Å². The van der Waals surface area contributed by atoms with Gasteiger partial charge >= 0.3 is 0 Å². The average molecular weight is 425 g/mol. The second kappa shape index (κ2) is 8.75. The maximum absolute atomic E-state index is 14.0. The minimum atomic E-state index is -0.268. The lowest BCUT2D eigenvalue weighted by molar-refractivity contribution is -0.131. The molecule has 0 unspecified atom stereocenters. The summed E-state index contributed by atoms with van der Waals surface area (Å²) in [6, 6.07) is 11.6. The van der Waals surface area contributed by atoms with Crippen LogP contribution in [0.1, 0.15) is 23.2 Å². The third-order valence-electron chi connectivity index (χ3n) is 5.76. The third kappa shape index (κ3) is 4.38. The van der Waals surface area contributed by atoms with Crippen LogP contribution in [-0.4, -0.2) is 62.3 Å². The van der Waals surface area contributed by atoms with Crippen LogP contribution < -0.4 is 14.5 Å². The number of benzene rings is 2. The molecule has 0 bridgehead atoms. The number of carbonyl (C=O) groups excluding carboxylic acids is 3. The number of hydrogen-bond donors (Lipinski definition) is 0. The molecule has 8 heteroatoms. The van der Waals surface area contributed by atoms with Crippen LogP contribution in [-0.2, 0) is 9.59 Å². The lowest BCUT2D eigenvalue weighted by atomic mass is 10.0. The summed E-state index contributed by atoms with van der Waals surface area (Å²) in [5.74, 6) is -0.136. The van der Waals surface area contributed by atoms with E-state index in [1.807, 2.05) is 4.90 Å². The van der Waals surface area contributed by atoms with E-state index >= 15 is 0 Å².